The van der Waals surface area contributed by atoms with Crippen LogP contribution in [-0.4, -0.2) is 23.7 Å². The first-order valence-electron chi connectivity index (χ1n) is 5.33. The van der Waals surface area contributed by atoms with Gasteiger partial charge in [0.25, 0.3) is 0 Å². The van der Waals surface area contributed by atoms with Gasteiger partial charge in [0.15, 0.2) is 0 Å². The number of carbonyl (C=O) groups excluding carboxylic acids is 1. The molecule has 0 aromatic heterocycles. The van der Waals surface area contributed by atoms with Crippen LogP contribution >= 0.6 is 11.6 Å². The molecular weight excluding hydrogens is 301 g/mol. The number of amides is 2. The summed E-state index contributed by atoms with van der Waals surface area (Å²) in [6, 6.07) is 1.78. The summed E-state index contributed by atoms with van der Waals surface area (Å²) in [6.45, 7) is -0.145. The van der Waals surface area contributed by atoms with Crippen LogP contribution in [-0.2, 0) is 11.0 Å². The number of aliphatic carboxylic acids is 1. The molecule has 3 N–H and O–H groups in total. The lowest BCUT2D eigenvalue weighted by atomic mass is 10.2. The Bertz CT molecular complexity index is 520. The van der Waals surface area contributed by atoms with Crippen LogP contribution in [0.4, 0.5) is 23.7 Å². The van der Waals surface area contributed by atoms with Crippen molar-refractivity contribution in [1.82, 2.24) is 5.32 Å². The molecule has 0 atom stereocenters. The predicted octanol–water partition coefficient (Wildman–Crippen LogP) is 2.96. The van der Waals surface area contributed by atoms with E-state index in [9.17, 15) is 22.8 Å². The van der Waals surface area contributed by atoms with E-state index < -0.39 is 23.7 Å². The van der Waals surface area contributed by atoms with Crippen LogP contribution < -0.4 is 10.6 Å². The van der Waals surface area contributed by atoms with Crippen LogP contribution in [0.1, 0.15) is 12.0 Å². The minimum absolute atomic E-state index is 0.141. The van der Waals surface area contributed by atoms with E-state index in [1.54, 1.807) is 0 Å². The molecule has 0 unspecified atom stereocenters. The number of alkyl halides is 3. The van der Waals surface area contributed by atoms with Gasteiger partial charge >= 0.3 is 18.2 Å². The van der Waals surface area contributed by atoms with E-state index in [2.05, 4.69) is 10.6 Å². The first kappa shape index (κ1) is 16.1. The molecule has 1 aromatic carbocycles. The number of benzene rings is 1. The minimum Gasteiger partial charge on any atom is -0.481 e. The van der Waals surface area contributed by atoms with Crippen molar-refractivity contribution in [3.63, 3.8) is 0 Å². The van der Waals surface area contributed by atoms with Gasteiger partial charge in [0, 0.05) is 17.3 Å². The first-order valence-corrected chi connectivity index (χ1v) is 5.70. The molecule has 0 heterocycles. The molecule has 0 aliphatic carbocycles. The highest BCUT2D eigenvalue weighted by Gasteiger charge is 2.31. The summed E-state index contributed by atoms with van der Waals surface area (Å²) in [7, 11) is 0. The monoisotopic (exact) mass is 310 g/mol. The first-order chi connectivity index (χ1) is 9.18. The SMILES string of the molecule is O=C(O)CCNC(=O)Nc1cc(Cl)cc(C(F)(F)F)c1. The minimum atomic E-state index is -4.58. The van der Waals surface area contributed by atoms with E-state index >= 15 is 0 Å². The molecule has 0 saturated heterocycles. The van der Waals surface area contributed by atoms with Crippen LogP contribution in [0.25, 0.3) is 0 Å². The number of halogens is 4. The van der Waals surface area contributed by atoms with Gasteiger partial charge in [-0.1, -0.05) is 11.6 Å². The van der Waals surface area contributed by atoms with Crippen LogP contribution in [0.5, 0.6) is 0 Å². The average Bonchev–Trinajstić information content (AvgIpc) is 2.26. The zero-order valence-corrected chi connectivity index (χ0v) is 10.7. The summed E-state index contributed by atoms with van der Waals surface area (Å²) in [5.41, 5.74) is -1.14. The third kappa shape index (κ3) is 5.35. The second-order valence-corrected chi connectivity index (χ2v) is 4.19. The summed E-state index contributed by atoms with van der Waals surface area (Å²) in [5.74, 6) is -1.10. The number of carboxylic acids is 1. The number of rotatable bonds is 4. The van der Waals surface area contributed by atoms with Crippen molar-refractivity contribution in [2.75, 3.05) is 11.9 Å². The third-order valence-electron chi connectivity index (χ3n) is 2.11. The second kappa shape index (κ2) is 6.47. The van der Waals surface area contributed by atoms with Gasteiger partial charge in [-0.2, -0.15) is 13.2 Å². The molecule has 0 radical (unpaired) electrons. The number of nitrogens with one attached hydrogen (secondary N) is 2. The number of hydrogen-bond acceptors (Lipinski definition) is 2. The Balaban J connectivity index is 2.70. The number of anilines is 1. The van der Waals surface area contributed by atoms with Gasteiger partial charge in [0.1, 0.15) is 0 Å². The number of urea groups is 1. The Morgan fingerprint density at radius 2 is 1.90 bits per heavy atom. The topological polar surface area (TPSA) is 78.4 Å². The third-order valence-corrected chi connectivity index (χ3v) is 2.33. The fourth-order valence-electron chi connectivity index (χ4n) is 1.28. The number of carboxylic acid groups (broad SMARTS) is 1. The normalized spacial score (nSPS) is 11.0. The Labute approximate surface area is 116 Å². The maximum atomic E-state index is 12.5. The van der Waals surface area contributed by atoms with Crippen molar-refractivity contribution in [2.45, 2.75) is 12.6 Å². The second-order valence-electron chi connectivity index (χ2n) is 3.75. The fraction of sp³-hybridized carbons (Fsp3) is 0.273. The molecule has 0 aliphatic rings. The van der Waals surface area contributed by atoms with Crippen molar-refractivity contribution < 1.29 is 27.9 Å². The zero-order valence-electron chi connectivity index (χ0n) is 9.92. The van der Waals surface area contributed by atoms with Crippen molar-refractivity contribution in [3.05, 3.63) is 28.8 Å². The molecule has 110 valence electrons. The Kier molecular flexibility index (Phi) is 5.20. The molecule has 0 spiro atoms. The summed E-state index contributed by atoms with van der Waals surface area (Å²) >= 11 is 5.54. The maximum Gasteiger partial charge on any atom is 0.416 e. The summed E-state index contributed by atoms with van der Waals surface area (Å²) in [5, 5.41) is 12.5. The molecule has 1 aromatic rings. The van der Waals surface area contributed by atoms with E-state index in [1.807, 2.05) is 0 Å². The standard InChI is InChI=1S/C11H10ClF3N2O3/c12-7-3-6(11(13,14)15)4-8(5-7)17-10(20)16-2-1-9(18)19/h3-5H,1-2H2,(H,18,19)(H2,16,17,20). The molecule has 0 aliphatic heterocycles. The average molecular weight is 311 g/mol. The highest BCUT2D eigenvalue weighted by Crippen LogP contribution is 2.33. The largest absolute Gasteiger partial charge is 0.481 e. The Morgan fingerprint density at radius 3 is 2.45 bits per heavy atom. The Hall–Kier alpha value is -1.96. The lowest BCUT2D eigenvalue weighted by Gasteiger charge is -2.11. The molecular formula is C11H10ClF3N2O3. The highest BCUT2D eigenvalue weighted by molar-refractivity contribution is 6.31. The van der Waals surface area contributed by atoms with Gasteiger partial charge in [0.05, 0.1) is 12.0 Å². The van der Waals surface area contributed by atoms with Crippen molar-refractivity contribution >= 4 is 29.3 Å². The fourth-order valence-corrected chi connectivity index (χ4v) is 1.52. The van der Waals surface area contributed by atoms with Crippen molar-refractivity contribution in [2.24, 2.45) is 0 Å². The highest BCUT2D eigenvalue weighted by atomic mass is 35.5. The summed E-state index contributed by atoms with van der Waals surface area (Å²) < 4.78 is 37.6. The molecule has 0 fully saturated rings. The molecule has 0 bridgehead atoms. The molecule has 2 amide bonds. The molecule has 5 nitrogen and oxygen atoms in total. The van der Waals surface area contributed by atoms with Crippen LogP contribution in [0.15, 0.2) is 18.2 Å². The van der Waals surface area contributed by atoms with Gasteiger partial charge in [0.2, 0.25) is 0 Å². The Morgan fingerprint density at radius 1 is 1.25 bits per heavy atom. The quantitative estimate of drug-likeness (QED) is 0.800. The molecule has 1 rings (SSSR count). The van der Waals surface area contributed by atoms with E-state index in [0.29, 0.717) is 0 Å². The summed E-state index contributed by atoms with van der Waals surface area (Å²) in [6.07, 6.45) is -4.88. The number of carbonyl (C=O) groups is 2. The van der Waals surface area contributed by atoms with E-state index in [4.69, 9.17) is 16.7 Å². The summed E-state index contributed by atoms with van der Waals surface area (Å²) in [4.78, 5) is 21.6. The van der Waals surface area contributed by atoms with Crippen molar-refractivity contribution in [3.8, 4) is 0 Å². The smallest absolute Gasteiger partial charge is 0.416 e. The van der Waals surface area contributed by atoms with E-state index in [0.717, 1.165) is 18.2 Å². The van der Waals surface area contributed by atoms with Gasteiger partial charge < -0.3 is 15.7 Å². The lowest BCUT2D eigenvalue weighted by molar-refractivity contribution is -0.138. The van der Waals surface area contributed by atoms with Crippen LogP contribution in [0.2, 0.25) is 5.02 Å². The molecule has 9 heteroatoms. The van der Waals surface area contributed by atoms with Crippen molar-refractivity contribution in [1.29, 1.82) is 0 Å². The van der Waals surface area contributed by atoms with Crippen LogP contribution in [0.3, 0.4) is 0 Å². The van der Waals surface area contributed by atoms with Gasteiger partial charge in [-0.3, -0.25) is 4.79 Å². The maximum absolute atomic E-state index is 12.5. The van der Waals surface area contributed by atoms with Gasteiger partial charge in [-0.25, -0.2) is 4.79 Å². The molecule has 0 saturated carbocycles. The lowest BCUT2D eigenvalue weighted by Crippen LogP contribution is -2.30. The van der Waals surface area contributed by atoms with Gasteiger partial charge in [-0.15, -0.1) is 0 Å². The van der Waals surface area contributed by atoms with E-state index in [-0.39, 0.29) is 23.7 Å². The van der Waals surface area contributed by atoms with E-state index in [1.165, 1.54) is 0 Å². The number of hydrogen-bond donors (Lipinski definition) is 3. The van der Waals surface area contributed by atoms with Gasteiger partial charge in [-0.05, 0) is 18.2 Å². The predicted molar refractivity (Wildman–Crippen MR) is 65.7 cm³/mol. The van der Waals surface area contributed by atoms with Crippen LogP contribution in [0, 0.1) is 0 Å². The zero-order chi connectivity index (χ0) is 15.3. The molecule has 20 heavy (non-hydrogen) atoms.